The lowest BCUT2D eigenvalue weighted by molar-refractivity contribution is -0.863. The van der Waals surface area contributed by atoms with Gasteiger partial charge in [-0.2, -0.15) is 0 Å². The van der Waals surface area contributed by atoms with Crippen molar-refractivity contribution < 1.29 is 39.6 Å². The molecule has 0 amide bonds. The standard InChI is InChI=1S/C5H3N5O10.C2H5NO2/c11-3(12)5(9(17)18)4(7(13)14,8(15)16)1-2-6(5)10(19)20;3-1-2(4)5/h1-2H,(H,11,12);1,3H2,(H,4,5). The quantitative estimate of drug-likeness (QED) is 0.245. The predicted octanol–water partition coefficient (Wildman–Crippen LogP) is -2.66. The van der Waals surface area contributed by atoms with E-state index in [1.54, 1.807) is 0 Å². The van der Waals surface area contributed by atoms with Gasteiger partial charge in [0.25, 0.3) is 0 Å². The fourth-order valence-corrected chi connectivity index (χ4v) is 1.73. The molecule has 0 spiro atoms. The van der Waals surface area contributed by atoms with Gasteiger partial charge in [0.2, 0.25) is 0 Å². The molecule has 1 unspecified atom stereocenters. The lowest BCUT2D eigenvalue weighted by Crippen LogP contribution is -2.74. The first kappa shape index (κ1) is 21.0. The number of aliphatic carboxylic acids is 2. The van der Waals surface area contributed by atoms with Crippen LogP contribution in [0, 0.1) is 40.5 Å². The Labute approximate surface area is 134 Å². The van der Waals surface area contributed by atoms with E-state index in [2.05, 4.69) is 5.73 Å². The highest BCUT2D eigenvalue weighted by molar-refractivity contribution is 5.79. The van der Waals surface area contributed by atoms with Crippen molar-refractivity contribution in [1.82, 2.24) is 5.01 Å². The minimum absolute atomic E-state index is 0.00250. The highest BCUT2D eigenvalue weighted by atomic mass is 16.7. The SMILES string of the molecule is NCC(=O)O.O=C(O)C1([N+](=O)[O-])N([N+](=O)[O-])C=CC1([N+](=O)[O-])[N+](=O)[O-]. The molecule has 18 nitrogen and oxygen atoms in total. The van der Waals surface area contributed by atoms with Crippen LogP contribution in [-0.2, 0) is 9.59 Å². The summed E-state index contributed by atoms with van der Waals surface area (Å²) in [5.41, 5.74) is -3.72. The van der Waals surface area contributed by atoms with Crippen LogP contribution >= 0.6 is 0 Å². The van der Waals surface area contributed by atoms with Gasteiger partial charge < -0.3 is 15.9 Å². The van der Waals surface area contributed by atoms with Gasteiger partial charge in [-0.1, -0.05) is 0 Å². The van der Waals surface area contributed by atoms with E-state index >= 15 is 0 Å². The minimum Gasteiger partial charge on any atom is -0.480 e. The zero-order valence-corrected chi connectivity index (χ0v) is 11.7. The van der Waals surface area contributed by atoms with E-state index < -0.39 is 48.1 Å². The molecule has 0 saturated heterocycles. The van der Waals surface area contributed by atoms with Gasteiger partial charge in [-0.15, -0.1) is 0 Å². The zero-order valence-electron chi connectivity index (χ0n) is 11.7. The molecule has 0 aromatic carbocycles. The van der Waals surface area contributed by atoms with Crippen molar-refractivity contribution in [2.75, 3.05) is 6.54 Å². The second-order valence-electron chi connectivity index (χ2n) is 3.97. The van der Waals surface area contributed by atoms with Gasteiger partial charge in [-0.05, 0) is 5.01 Å². The van der Waals surface area contributed by atoms with Crippen molar-refractivity contribution in [2.24, 2.45) is 5.73 Å². The molecule has 0 saturated carbocycles. The van der Waals surface area contributed by atoms with Gasteiger partial charge in [-0.3, -0.25) is 35.1 Å². The van der Waals surface area contributed by atoms with Crippen molar-refractivity contribution in [3.8, 4) is 0 Å². The van der Waals surface area contributed by atoms with Gasteiger partial charge >= 0.3 is 23.3 Å². The highest BCUT2D eigenvalue weighted by Crippen LogP contribution is 2.40. The van der Waals surface area contributed by atoms with Crippen molar-refractivity contribution in [2.45, 2.75) is 11.3 Å². The lowest BCUT2D eigenvalue weighted by atomic mass is 9.96. The molecule has 0 bridgehead atoms. The molecular weight excluding hydrogens is 360 g/mol. The van der Waals surface area contributed by atoms with Crippen LogP contribution in [0.15, 0.2) is 12.3 Å². The van der Waals surface area contributed by atoms with Gasteiger partial charge in [0, 0.05) is 0 Å². The Morgan fingerprint density at radius 3 is 1.60 bits per heavy atom. The van der Waals surface area contributed by atoms with Crippen molar-refractivity contribution >= 4 is 11.9 Å². The van der Waals surface area contributed by atoms with Crippen LogP contribution in [0.1, 0.15) is 0 Å². The van der Waals surface area contributed by atoms with Crippen LogP contribution in [-0.4, -0.2) is 64.8 Å². The normalized spacial score (nSPS) is 20.1. The Morgan fingerprint density at radius 2 is 1.40 bits per heavy atom. The van der Waals surface area contributed by atoms with Crippen LogP contribution in [0.25, 0.3) is 0 Å². The molecule has 1 rings (SSSR count). The third-order valence-corrected chi connectivity index (χ3v) is 2.76. The van der Waals surface area contributed by atoms with Crippen LogP contribution < -0.4 is 5.73 Å². The average molecular weight is 368 g/mol. The number of rotatable bonds is 6. The van der Waals surface area contributed by atoms with E-state index in [0.717, 1.165) is 0 Å². The number of nitrogens with two attached hydrogens (primary N) is 1. The summed E-state index contributed by atoms with van der Waals surface area (Å²) in [6, 6.07) is 0. The molecule has 1 aliphatic rings. The first-order chi connectivity index (χ1) is 11.3. The third kappa shape index (κ3) is 2.95. The number of hydrogen-bond acceptors (Lipinski definition) is 11. The van der Waals surface area contributed by atoms with Gasteiger partial charge in [0.1, 0.15) is 15.9 Å². The maximum Gasteiger partial charge on any atom is 0.585 e. The molecule has 0 aromatic rings. The van der Waals surface area contributed by atoms with Crippen molar-refractivity contribution in [1.29, 1.82) is 0 Å². The first-order valence-electron chi connectivity index (χ1n) is 5.55. The monoisotopic (exact) mass is 368 g/mol. The fraction of sp³-hybridized carbons (Fsp3) is 0.429. The summed E-state index contributed by atoms with van der Waals surface area (Å²) in [5.74, 6) is -3.69. The number of hydrogen-bond donors (Lipinski definition) is 3. The summed E-state index contributed by atoms with van der Waals surface area (Å²) in [6.07, 6.45) is -0.116. The molecule has 0 aliphatic carbocycles. The van der Waals surface area contributed by atoms with E-state index in [1.165, 1.54) is 0 Å². The topological polar surface area (TPSA) is 276 Å². The third-order valence-electron chi connectivity index (χ3n) is 2.76. The van der Waals surface area contributed by atoms with Gasteiger partial charge in [-0.25, -0.2) is 14.9 Å². The minimum atomic E-state index is -4.25. The molecular formula is C7H8N6O12. The maximum absolute atomic E-state index is 11.1. The molecule has 1 atom stereocenters. The summed E-state index contributed by atoms with van der Waals surface area (Å²) in [4.78, 5) is 57.9. The smallest absolute Gasteiger partial charge is 0.480 e. The Bertz CT molecular complexity index is 643. The van der Waals surface area contributed by atoms with Crippen LogP contribution in [0.2, 0.25) is 0 Å². The van der Waals surface area contributed by atoms with Crippen molar-refractivity contribution in [3.05, 3.63) is 52.7 Å². The lowest BCUT2D eigenvalue weighted by Gasteiger charge is -2.22. The summed E-state index contributed by atoms with van der Waals surface area (Å²) in [5, 5.41) is 57.3. The summed E-state index contributed by atoms with van der Waals surface area (Å²) >= 11 is 0. The highest BCUT2D eigenvalue weighted by Gasteiger charge is 2.94. The Morgan fingerprint density at radius 1 is 1.00 bits per heavy atom. The summed E-state index contributed by atoms with van der Waals surface area (Å²) in [7, 11) is 0. The molecule has 0 fully saturated rings. The van der Waals surface area contributed by atoms with E-state index in [4.69, 9.17) is 10.2 Å². The molecule has 1 heterocycles. The van der Waals surface area contributed by atoms with E-state index in [9.17, 15) is 50.0 Å². The Hall–Kier alpha value is -3.96. The molecule has 18 heteroatoms. The van der Waals surface area contributed by atoms with E-state index in [1.807, 2.05) is 0 Å². The molecule has 1 aliphatic heterocycles. The van der Waals surface area contributed by atoms with Crippen LogP contribution in [0.3, 0.4) is 0 Å². The first-order valence-corrected chi connectivity index (χ1v) is 5.55. The Kier molecular flexibility index (Phi) is 5.96. The van der Waals surface area contributed by atoms with Gasteiger partial charge in [0.05, 0.1) is 17.7 Å². The summed E-state index contributed by atoms with van der Waals surface area (Å²) < 4.78 is 0. The number of carbonyl (C=O) groups is 2. The van der Waals surface area contributed by atoms with E-state index in [0.29, 0.717) is 0 Å². The second-order valence-corrected chi connectivity index (χ2v) is 3.97. The van der Waals surface area contributed by atoms with Crippen LogP contribution in [0.5, 0.6) is 0 Å². The molecule has 0 radical (unpaired) electrons. The van der Waals surface area contributed by atoms with Crippen molar-refractivity contribution in [3.63, 3.8) is 0 Å². The Balaban J connectivity index is 0.00000101. The van der Waals surface area contributed by atoms with Gasteiger partial charge in [0.15, 0.2) is 5.03 Å². The molecule has 4 N–H and O–H groups in total. The predicted molar refractivity (Wildman–Crippen MR) is 68.7 cm³/mol. The number of carboxylic acid groups (broad SMARTS) is 2. The molecule has 138 valence electrons. The maximum atomic E-state index is 11.1. The number of nitrogens with zero attached hydrogens (tertiary/aromatic N) is 5. The molecule has 25 heavy (non-hydrogen) atoms. The number of hydrazine groups is 1. The number of nitro groups is 4. The van der Waals surface area contributed by atoms with E-state index in [-0.39, 0.29) is 18.8 Å². The number of carboxylic acids is 2. The molecule has 0 aromatic heterocycles. The summed E-state index contributed by atoms with van der Waals surface area (Å²) in [6.45, 7) is -0.278. The fourth-order valence-electron chi connectivity index (χ4n) is 1.73. The zero-order chi connectivity index (χ0) is 20.2. The van der Waals surface area contributed by atoms with Crippen LogP contribution in [0.4, 0.5) is 0 Å². The second kappa shape index (κ2) is 7.08. The average Bonchev–Trinajstić information content (AvgIpc) is 2.85. The largest absolute Gasteiger partial charge is 0.585 e.